The molecule has 2 rings (SSSR count). The number of rotatable bonds is 2. The first kappa shape index (κ1) is 14.8. The van der Waals surface area contributed by atoms with Gasteiger partial charge >= 0.3 is 6.18 Å². The summed E-state index contributed by atoms with van der Waals surface area (Å²) in [5.74, 6) is -3.88. The zero-order chi connectivity index (χ0) is 15.6. The van der Waals surface area contributed by atoms with Gasteiger partial charge in [0.2, 0.25) is 0 Å². The average Bonchev–Trinajstić information content (AvgIpc) is 2.42. The first-order chi connectivity index (χ1) is 9.81. The summed E-state index contributed by atoms with van der Waals surface area (Å²) in [6.07, 6.45) is -4.85. The topological polar surface area (TPSA) is 33.0 Å². The summed E-state index contributed by atoms with van der Waals surface area (Å²) in [5.41, 5.74) is -1.14. The number of nitriles is 1. The highest BCUT2D eigenvalue weighted by Crippen LogP contribution is 2.35. The van der Waals surface area contributed by atoms with Crippen LogP contribution in [0.5, 0.6) is 11.5 Å². The second-order valence-electron chi connectivity index (χ2n) is 4.01. The third-order valence-corrected chi connectivity index (χ3v) is 2.53. The van der Waals surface area contributed by atoms with Gasteiger partial charge in [-0.15, -0.1) is 0 Å². The lowest BCUT2D eigenvalue weighted by molar-refractivity contribution is -0.138. The summed E-state index contributed by atoms with van der Waals surface area (Å²) in [5, 5.41) is 8.60. The van der Waals surface area contributed by atoms with E-state index in [0.717, 1.165) is 0 Å². The molecule has 0 amide bonds. The monoisotopic (exact) mass is 299 g/mol. The van der Waals surface area contributed by atoms with Gasteiger partial charge in [0.15, 0.2) is 17.4 Å². The van der Waals surface area contributed by atoms with Crippen molar-refractivity contribution in [3.05, 3.63) is 59.2 Å². The van der Waals surface area contributed by atoms with Crippen LogP contribution in [0.4, 0.5) is 22.0 Å². The highest BCUT2D eigenvalue weighted by atomic mass is 19.4. The predicted octanol–water partition coefficient (Wildman–Crippen LogP) is 4.65. The Kier molecular flexibility index (Phi) is 3.80. The summed E-state index contributed by atoms with van der Waals surface area (Å²) in [7, 11) is 0. The fourth-order valence-electron chi connectivity index (χ4n) is 1.54. The molecule has 21 heavy (non-hydrogen) atoms. The standard InChI is InChI=1S/C14H6F5NO/c15-11-5-9(14(17,18)19)6-12(16)13(11)21-10-3-1-8(7-20)2-4-10/h1-6H. The van der Waals surface area contributed by atoms with Crippen molar-refractivity contribution in [3.8, 4) is 17.6 Å². The van der Waals surface area contributed by atoms with Gasteiger partial charge in [-0.3, -0.25) is 0 Å². The molecule has 0 bridgehead atoms. The number of ether oxygens (including phenoxy) is 1. The minimum absolute atomic E-state index is 0.00782. The molecule has 0 radical (unpaired) electrons. The smallest absolute Gasteiger partial charge is 0.416 e. The molecule has 0 heterocycles. The largest absolute Gasteiger partial charge is 0.451 e. The van der Waals surface area contributed by atoms with Crippen LogP contribution in [-0.4, -0.2) is 0 Å². The summed E-state index contributed by atoms with van der Waals surface area (Å²) in [6.45, 7) is 0. The lowest BCUT2D eigenvalue weighted by Crippen LogP contribution is -2.07. The van der Waals surface area contributed by atoms with Gasteiger partial charge in [0.25, 0.3) is 0 Å². The molecule has 0 fully saturated rings. The van der Waals surface area contributed by atoms with Crippen molar-refractivity contribution in [1.29, 1.82) is 5.26 Å². The molecule has 2 aromatic rings. The second kappa shape index (κ2) is 5.40. The fourth-order valence-corrected chi connectivity index (χ4v) is 1.54. The van der Waals surface area contributed by atoms with Crippen LogP contribution in [0.15, 0.2) is 36.4 Å². The van der Waals surface area contributed by atoms with Crippen LogP contribution in [0, 0.1) is 23.0 Å². The van der Waals surface area contributed by atoms with E-state index in [1.54, 1.807) is 0 Å². The molecule has 0 spiro atoms. The van der Waals surface area contributed by atoms with E-state index >= 15 is 0 Å². The summed E-state index contributed by atoms with van der Waals surface area (Å²) < 4.78 is 69.1. The molecule has 108 valence electrons. The Morgan fingerprint density at radius 2 is 1.48 bits per heavy atom. The lowest BCUT2D eigenvalue weighted by Gasteiger charge is -2.11. The number of hydrogen-bond acceptors (Lipinski definition) is 2. The summed E-state index contributed by atoms with van der Waals surface area (Å²) in [6, 6.07) is 7.38. The third-order valence-electron chi connectivity index (χ3n) is 2.53. The quantitative estimate of drug-likeness (QED) is 0.756. The Hall–Kier alpha value is -2.62. The Bertz CT molecular complexity index is 678. The van der Waals surface area contributed by atoms with Crippen molar-refractivity contribution in [2.45, 2.75) is 6.18 Å². The molecular weight excluding hydrogens is 293 g/mol. The van der Waals surface area contributed by atoms with Crippen LogP contribution in [0.3, 0.4) is 0 Å². The molecule has 2 nitrogen and oxygen atoms in total. The van der Waals surface area contributed by atoms with Crippen LogP contribution in [0.2, 0.25) is 0 Å². The highest BCUT2D eigenvalue weighted by molar-refractivity contribution is 5.39. The highest BCUT2D eigenvalue weighted by Gasteiger charge is 2.33. The van der Waals surface area contributed by atoms with Crippen LogP contribution in [-0.2, 0) is 6.18 Å². The normalized spacial score (nSPS) is 11.0. The van der Waals surface area contributed by atoms with Gasteiger partial charge in [-0.1, -0.05) is 0 Å². The van der Waals surface area contributed by atoms with Gasteiger partial charge in [0, 0.05) is 0 Å². The van der Waals surface area contributed by atoms with Gasteiger partial charge in [-0.25, -0.2) is 8.78 Å². The first-order valence-corrected chi connectivity index (χ1v) is 5.55. The van der Waals surface area contributed by atoms with Crippen molar-refractivity contribution in [1.82, 2.24) is 0 Å². The maximum atomic E-state index is 13.6. The Morgan fingerprint density at radius 3 is 1.90 bits per heavy atom. The predicted molar refractivity (Wildman–Crippen MR) is 62.6 cm³/mol. The van der Waals surface area contributed by atoms with E-state index in [4.69, 9.17) is 10.00 Å². The lowest BCUT2D eigenvalue weighted by atomic mass is 10.2. The van der Waals surface area contributed by atoms with Crippen molar-refractivity contribution in [2.24, 2.45) is 0 Å². The molecule has 0 aliphatic rings. The molecule has 0 aliphatic carbocycles. The van der Waals surface area contributed by atoms with E-state index in [2.05, 4.69) is 0 Å². The molecule has 7 heteroatoms. The molecule has 0 aliphatic heterocycles. The van der Waals surface area contributed by atoms with E-state index in [1.807, 2.05) is 6.07 Å². The fraction of sp³-hybridized carbons (Fsp3) is 0.0714. The van der Waals surface area contributed by atoms with Gasteiger partial charge in [0.05, 0.1) is 17.2 Å². The van der Waals surface area contributed by atoms with E-state index < -0.39 is 29.1 Å². The van der Waals surface area contributed by atoms with Crippen molar-refractivity contribution >= 4 is 0 Å². The number of benzene rings is 2. The molecule has 2 aromatic carbocycles. The van der Waals surface area contributed by atoms with Gasteiger partial charge in [0.1, 0.15) is 5.75 Å². The Labute approximate surface area is 116 Å². The zero-order valence-corrected chi connectivity index (χ0v) is 10.2. The van der Waals surface area contributed by atoms with Crippen LogP contribution in [0.25, 0.3) is 0 Å². The summed E-state index contributed by atoms with van der Waals surface area (Å²) in [4.78, 5) is 0. The molecule has 0 saturated carbocycles. The Balaban J connectivity index is 2.34. The molecule has 0 aromatic heterocycles. The van der Waals surface area contributed by atoms with Crippen LogP contribution >= 0.6 is 0 Å². The van der Waals surface area contributed by atoms with E-state index in [1.165, 1.54) is 24.3 Å². The second-order valence-corrected chi connectivity index (χ2v) is 4.01. The average molecular weight is 299 g/mol. The van der Waals surface area contributed by atoms with Gasteiger partial charge in [-0.2, -0.15) is 18.4 Å². The molecule has 0 saturated heterocycles. The van der Waals surface area contributed by atoms with E-state index in [-0.39, 0.29) is 17.9 Å². The maximum absolute atomic E-state index is 13.6. The minimum atomic E-state index is -4.85. The van der Waals surface area contributed by atoms with Gasteiger partial charge in [-0.05, 0) is 36.4 Å². The first-order valence-electron chi connectivity index (χ1n) is 5.55. The molecule has 0 N–H and O–H groups in total. The van der Waals surface area contributed by atoms with Crippen molar-refractivity contribution in [2.75, 3.05) is 0 Å². The number of halogens is 5. The van der Waals surface area contributed by atoms with Crippen LogP contribution in [0.1, 0.15) is 11.1 Å². The number of alkyl halides is 3. The Morgan fingerprint density at radius 1 is 0.952 bits per heavy atom. The maximum Gasteiger partial charge on any atom is 0.416 e. The third kappa shape index (κ3) is 3.28. The molecule has 0 unspecified atom stereocenters. The number of hydrogen-bond donors (Lipinski definition) is 0. The van der Waals surface area contributed by atoms with E-state index in [0.29, 0.717) is 5.56 Å². The SMILES string of the molecule is N#Cc1ccc(Oc2c(F)cc(C(F)(F)F)cc2F)cc1. The zero-order valence-electron chi connectivity index (χ0n) is 10.2. The minimum Gasteiger partial charge on any atom is -0.451 e. The summed E-state index contributed by atoms with van der Waals surface area (Å²) >= 11 is 0. The van der Waals surface area contributed by atoms with Gasteiger partial charge < -0.3 is 4.74 Å². The molecule has 0 atom stereocenters. The van der Waals surface area contributed by atoms with Crippen LogP contribution < -0.4 is 4.74 Å². The van der Waals surface area contributed by atoms with Crippen molar-refractivity contribution in [3.63, 3.8) is 0 Å². The number of nitrogens with zero attached hydrogens (tertiary/aromatic N) is 1. The van der Waals surface area contributed by atoms with E-state index in [9.17, 15) is 22.0 Å². The molecular formula is C14H6F5NO. The van der Waals surface area contributed by atoms with Crippen molar-refractivity contribution < 1.29 is 26.7 Å².